The van der Waals surface area contributed by atoms with Crippen molar-refractivity contribution >= 4 is 11.5 Å². The van der Waals surface area contributed by atoms with Gasteiger partial charge in [0.1, 0.15) is 5.82 Å². The molecule has 0 aliphatic heterocycles. The van der Waals surface area contributed by atoms with Crippen molar-refractivity contribution in [3.63, 3.8) is 0 Å². The molecule has 4 heteroatoms. The van der Waals surface area contributed by atoms with E-state index in [1.54, 1.807) is 0 Å². The first-order chi connectivity index (χ1) is 7.18. The van der Waals surface area contributed by atoms with Gasteiger partial charge >= 0.3 is 0 Å². The Bertz CT molecular complexity index is 337. The molecule has 1 saturated carbocycles. The molecule has 0 unspecified atom stereocenters. The van der Waals surface area contributed by atoms with E-state index in [2.05, 4.69) is 10.4 Å². The molecule has 0 saturated heterocycles. The number of nitrogens with two attached hydrogens (primary N) is 1. The molecule has 0 amide bonds. The van der Waals surface area contributed by atoms with Crippen molar-refractivity contribution in [2.24, 2.45) is 7.05 Å². The van der Waals surface area contributed by atoms with Gasteiger partial charge in [0.25, 0.3) is 0 Å². The highest BCUT2D eigenvalue weighted by Crippen LogP contribution is 2.26. The van der Waals surface area contributed by atoms with E-state index >= 15 is 0 Å². The average molecular weight is 208 g/mol. The molecular weight excluding hydrogens is 188 g/mol. The fourth-order valence-electron chi connectivity index (χ4n) is 2.29. The van der Waals surface area contributed by atoms with Gasteiger partial charge in [-0.1, -0.05) is 19.3 Å². The summed E-state index contributed by atoms with van der Waals surface area (Å²) in [5, 5.41) is 7.82. The lowest BCUT2D eigenvalue weighted by Gasteiger charge is -2.23. The van der Waals surface area contributed by atoms with Gasteiger partial charge in [0, 0.05) is 13.1 Å². The molecule has 0 spiro atoms. The number of nitrogens with one attached hydrogen (secondary N) is 1. The normalized spacial score (nSPS) is 18.0. The standard InChI is InChI=1S/C11H20N4/c1-8-10(12)11(15(2)14-8)13-9-6-4-3-5-7-9/h9,13H,3-7,12H2,1-2H3. The summed E-state index contributed by atoms with van der Waals surface area (Å²) in [6.45, 7) is 1.95. The van der Waals surface area contributed by atoms with Crippen LogP contribution in [0.3, 0.4) is 0 Å². The molecule has 1 aromatic heterocycles. The van der Waals surface area contributed by atoms with E-state index in [0.29, 0.717) is 6.04 Å². The molecule has 1 aromatic rings. The van der Waals surface area contributed by atoms with Crippen LogP contribution in [0.1, 0.15) is 37.8 Å². The molecule has 0 bridgehead atoms. The lowest BCUT2D eigenvalue weighted by Crippen LogP contribution is -2.24. The SMILES string of the molecule is Cc1nn(C)c(NC2CCCCC2)c1N. The Morgan fingerprint density at radius 1 is 1.33 bits per heavy atom. The number of nitrogen functional groups attached to an aromatic ring is 1. The monoisotopic (exact) mass is 208 g/mol. The number of hydrogen-bond donors (Lipinski definition) is 2. The first-order valence-corrected chi connectivity index (χ1v) is 5.74. The second-order valence-corrected chi connectivity index (χ2v) is 4.45. The van der Waals surface area contributed by atoms with Crippen LogP contribution >= 0.6 is 0 Å². The van der Waals surface area contributed by atoms with Crippen LogP contribution in [0, 0.1) is 6.92 Å². The summed E-state index contributed by atoms with van der Waals surface area (Å²) in [5.41, 5.74) is 7.68. The van der Waals surface area contributed by atoms with Crippen LogP contribution in [0.5, 0.6) is 0 Å². The summed E-state index contributed by atoms with van der Waals surface area (Å²) in [5.74, 6) is 0.986. The largest absolute Gasteiger partial charge is 0.394 e. The highest BCUT2D eigenvalue weighted by Gasteiger charge is 2.17. The van der Waals surface area contributed by atoms with Gasteiger partial charge in [-0.2, -0.15) is 5.10 Å². The quantitative estimate of drug-likeness (QED) is 0.782. The van der Waals surface area contributed by atoms with Gasteiger partial charge in [0.15, 0.2) is 0 Å². The molecule has 0 aromatic carbocycles. The van der Waals surface area contributed by atoms with Gasteiger partial charge in [-0.15, -0.1) is 0 Å². The molecule has 15 heavy (non-hydrogen) atoms. The van der Waals surface area contributed by atoms with Crippen molar-refractivity contribution in [3.05, 3.63) is 5.69 Å². The fraction of sp³-hybridized carbons (Fsp3) is 0.727. The maximum Gasteiger partial charge on any atom is 0.147 e. The Morgan fingerprint density at radius 3 is 2.53 bits per heavy atom. The molecule has 4 nitrogen and oxygen atoms in total. The molecule has 0 radical (unpaired) electrons. The van der Waals surface area contributed by atoms with E-state index in [0.717, 1.165) is 17.2 Å². The molecule has 1 aliphatic carbocycles. The van der Waals surface area contributed by atoms with Crippen molar-refractivity contribution < 1.29 is 0 Å². The zero-order valence-corrected chi connectivity index (χ0v) is 9.58. The maximum absolute atomic E-state index is 5.97. The summed E-state index contributed by atoms with van der Waals surface area (Å²) in [7, 11) is 1.94. The highest BCUT2D eigenvalue weighted by molar-refractivity contribution is 5.64. The summed E-state index contributed by atoms with van der Waals surface area (Å²) < 4.78 is 1.85. The Balaban J connectivity index is 2.09. The lowest BCUT2D eigenvalue weighted by molar-refractivity contribution is 0.460. The zero-order valence-electron chi connectivity index (χ0n) is 9.58. The van der Waals surface area contributed by atoms with Crippen molar-refractivity contribution in [1.82, 2.24) is 9.78 Å². The predicted octanol–water partition coefficient (Wildman–Crippen LogP) is 2.06. The second kappa shape index (κ2) is 4.13. The molecule has 2 rings (SSSR count). The third-order valence-electron chi connectivity index (χ3n) is 3.21. The molecular formula is C11H20N4. The van der Waals surface area contributed by atoms with Crippen LogP contribution in [-0.4, -0.2) is 15.8 Å². The molecule has 1 fully saturated rings. The number of rotatable bonds is 2. The van der Waals surface area contributed by atoms with Crippen molar-refractivity contribution in [3.8, 4) is 0 Å². The van der Waals surface area contributed by atoms with E-state index in [9.17, 15) is 0 Å². The minimum Gasteiger partial charge on any atom is -0.394 e. The van der Waals surface area contributed by atoms with E-state index < -0.39 is 0 Å². The number of anilines is 2. The lowest BCUT2D eigenvalue weighted by atomic mass is 9.95. The Hall–Kier alpha value is -1.19. The smallest absolute Gasteiger partial charge is 0.147 e. The van der Waals surface area contributed by atoms with Gasteiger partial charge < -0.3 is 11.1 Å². The number of aryl methyl sites for hydroxylation is 2. The van der Waals surface area contributed by atoms with Crippen molar-refractivity contribution in [1.29, 1.82) is 0 Å². The molecule has 3 N–H and O–H groups in total. The number of nitrogens with zero attached hydrogens (tertiary/aromatic N) is 2. The van der Waals surface area contributed by atoms with E-state index in [-0.39, 0.29) is 0 Å². The van der Waals surface area contributed by atoms with Gasteiger partial charge in [-0.05, 0) is 19.8 Å². The third-order valence-corrected chi connectivity index (χ3v) is 3.21. The minimum absolute atomic E-state index is 0.579. The minimum atomic E-state index is 0.579. The maximum atomic E-state index is 5.97. The predicted molar refractivity (Wildman–Crippen MR) is 62.9 cm³/mol. The summed E-state index contributed by atoms with van der Waals surface area (Å²) in [6.07, 6.45) is 6.54. The number of aromatic nitrogens is 2. The van der Waals surface area contributed by atoms with Crippen LogP contribution < -0.4 is 11.1 Å². The fourth-order valence-corrected chi connectivity index (χ4v) is 2.29. The number of hydrogen-bond acceptors (Lipinski definition) is 3. The van der Waals surface area contributed by atoms with Gasteiger partial charge in [0.2, 0.25) is 0 Å². The Kier molecular flexibility index (Phi) is 2.84. The van der Waals surface area contributed by atoms with Crippen molar-refractivity contribution in [2.45, 2.75) is 45.1 Å². The first-order valence-electron chi connectivity index (χ1n) is 5.74. The molecule has 84 valence electrons. The molecule has 0 atom stereocenters. The van der Waals surface area contributed by atoms with Crippen LogP contribution in [-0.2, 0) is 7.05 Å². The van der Waals surface area contributed by atoms with Crippen LogP contribution in [0.2, 0.25) is 0 Å². The van der Waals surface area contributed by atoms with Crippen molar-refractivity contribution in [2.75, 3.05) is 11.1 Å². The Labute approximate surface area is 90.8 Å². The Morgan fingerprint density at radius 2 is 2.00 bits per heavy atom. The molecule has 1 heterocycles. The van der Waals surface area contributed by atoms with Gasteiger partial charge in [0.05, 0.1) is 11.4 Å². The van der Waals surface area contributed by atoms with E-state index in [1.807, 2.05) is 18.7 Å². The summed E-state index contributed by atoms with van der Waals surface area (Å²) in [4.78, 5) is 0. The van der Waals surface area contributed by atoms with Crippen LogP contribution in [0.15, 0.2) is 0 Å². The molecule has 1 aliphatic rings. The topological polar surface area (TPSA) is 55.9 Å². The third kappa shape index (κ3) is 2.08. The van der Waals surface area contributed by atoms with E-state index in [1.165, 1.54) is 32.1 Å². The zero-order chi connectivity index (χ0) is 10.8. The van der Waals surface area contributed by atoms with Gasteiger partial charge in [-0.25, -0.2) is 0 Å². The second-order valence-electron chi connectivity index (χ2n) is 4.45. The highest BCUT2D eigenvalue weighted by atomic mass is 15.3. The summed E-state index contributed by atoms with van der Waals surface area (Å²) >= 11 is 0. The van der Waals surface area contributed by atoms with Crippen LogP contribution in [0.25, 0.3) is 0 Å². The van der Waals surface area contributed by atoms with Crippen LogP contribution in [0.4, 0.5) is 11.5 Å². The van der Waals surface area contributed by atoms with Gasteiger partial charge in [-0.3, -0.25) is 4.68 Å². The average Bonchev–Trinajstić information content (AvgIpc) is 2.47. The van der Waals surface area contributed by atoms with E-state index in [4.69, 9.17) is 5.73 Å². The first kappa shape index (κ1) is 10.3. The summed E-state index contributed by atoms with van der Waals surface area (Å²) in [6, 6.07) is 0.579.